The lowest BCUT2D eigenvalue weighted by molar-refractivity contribution is -0.115. The van der Waals surface area contributed by atoms with E-state index in [0.717, 1.165) is 16.2 Å². The van der Waals surface area contributed by atoms with E-state index in [1.54, 1.807) is 30.9 Å². The summed E-state index contributed by atoms with van der Waals surface area (Å²) in [6, 6.07) is 3.67. The number of anilines is 1. The number of hydrogen-bond donors (Lipinski definition) is 1. The molecule has 0 saturated heterocycles. The number of amides is 1. The van der Waals surface area contributed by atoms with Gasteiger partial charge in [0.25, 0.3) is 0 Å². The van der Waals surface area contributed by atoms with E-state index in [0.29, 0.717) is 11.0 Å². The van der Waals surface area contributed by atoms with E-state index in [1.807, 2.05) is 18.2 Å². The van der Waals surface area contributed by atoms with Crippen molar-refractivity contribution in [3.8, 4) is 0 Å². The number of carbonyl (C=O) groups excluding carboxylic acids is 1. The van der Waals surface area contributed by atoms with Crippen molar-refractivity contribution < 1.29 is 9.21 Å². The molecule has 3 aromatic rings. The van der Waals surface area contributed by atoms with Crippen LogP contribution < -0.4 is 5.32 Å². The summed E-state index contributed by atoms with van der Waals surface area (Å²) in [6.07, 6.45) is 10.7. The molecule has 0 aliphatic heterocycles. The highest BCUT2D eigenvalue weighted by molar-refractivity contribution is 7.16. The molecule has 0 unspecified atom stereocenters. The highest BCUT2D eigenvalue weighted by Crippen LogP contribution is 2.24. The molecule has 0 bridgehead atoms. The molecule has 0 aromatic carbocycles. The van der Waals surface area contributed by atoms with Gasteiger partial charge in [0.05, 0.1) is 12.6 Å². The third-order valence-electron chi connectivity index (χ3n) is 3.51. The quantitative estimate of drug-likeness (QED) is 0.731. The summed E-state index contributed by atoms with van der Waals surface area (Å²) in [5, 5.41) is 3.36. The van der Waals surface area contributed by atoms with Gasteiger partial charge in [0.1, 0.15) is 5.76 Å². The van der Waals surface area contributed by atoms with Gasteiger partial charge in [0, 0.05) is 35.0 Å². The molecule has 7 heteroatoms. The van der Waals surface area contributed by atoms with Crippen LogP contribution in [-0.2, 0) is 16.6 Å². The van der Waals surface area contributed by atoms with Gasteiger partial charge in [-0.2, -0.15) is 0 Å². The summed E-state index contributed by atoms with van der Waals surface area (Å²) in [5.41, 5.74) is 0.787. The Morgan fingerprint density at radius 1 is 1.23 bits per heavy atom. The predicted octanol–water partition coefficient (Wildman–Crippen LogP) is 4.18. The molecule has 0 radical (unpaired) electrons. The Morgan fingerprint density at radius 2 is 2.08 bits per heavy atom. The maximum atomic E-state index is 12.1. The maximum Gasteiger partial charge on any atom is 0.230 e. The molecule has 0 aliphatic carbocycles. The van der Waals surface area contributed by atoms with E-state index in [2.05, 4.69) is 41.0 Å². The van der Waals surface area contributed by atoms with E-state index >= 15 is 0 Å². The second-order valence-electron chi connectivity index (χ2n) is 6.80. The molecule has 134 valence electrons. The Balaban J connectivity index is 1.59. The Morgan fingerprint density at radius 3 is 2.77 bits per heavy atom. The minimum absolute atomic E-state index is 0.0741. The number of hydrogen-bond acceptors (Lipinski definition) is 6. The third kappa shape index (κ3) is 4.86. The predicted molar refractivity (Wildman–Crippen MR) is 103 cm³/mol. The Labute approximate surface area is 156 Å². The fourth-order valence-corrected chi connectivity index (χ4v) is 2.87. The van der Waals surface area contributed by atoms with Crippen LogP contribution in [0.15, 0.2) is 41.3 Å². The zero-order valence-corrected chi connectivity index (χ0v) is 15.7. The van der Waals surface area contributed by atoms with E-state index < -0.39 is 0 Å². The number of nitrogens with zero attached hydrogens (tertiary/aromatic N) is 3. The molecule has 0 fully saturated rings. The van der Waals surface area contributed by atoms with Crippen molar-refractivity contribution in [2.24, 2.45) is 0 Å². The number of thiazole rings is 1. The minimum atomic E-state index is -0.120. The van der Waals surface area contributed by atoms with E-state index in [9.17, 15) is 4.79 Å². The standard InChI is InChI=1S/C19H20N4O2S/c1-19(2,3)15-12-21-17(25-15)7-6-14-11-22-18(26-14)23-16(24)9-13-5-4-8-20-10-13/h4-8,10-12H,9H2,1-3H3,(H,22,23,24)/b7-6+. The molecule has 0 spiro atoms. The van der Waals surface area contributed by atoms with Gasteiger partial charge in [0.15, 0.2) is 5.13 Å². The smallest absolute Gasteiger partial charge is 0.230 e. The average Bonchev–Trinajstić information content (AvgIpc) is 3.22. The van der Waals surface area contributed by atoms with Crippen LogP contribution in [0.25, 0.3) is 12.2 Å². The number of carbonyl (C=O) groups is 1. The van der Waals surface area contributed by atoms with Crippen LogP contribution >= 0.6 is 11.3 Å². The van der Waals surface area contributed by atoms with Gasteiger partial charge in [-0.15, -0.1) is 0 Å². The lowest BCUT2D eigenvalue weighted by Gasteiger charge is -2.12. The first-order valence-corrected chi connectivity index (χ1v) is 9.01. The van der Waals surface area contributed by atoms with E-state index in [1.165, 1.54) is 11.3 Å². The van der Waals surface area contributed by atoms with Crippen LogP contribution in [0.1, 0.15) is 42.9 Å². The van der Waals surface area contributed by atoms with Crippen molar-refractivity contribution >= 4 is 34.5 Å². The van der Waals surface area contributed by atoms with Crippen molar-refractivity contribution in [2.75, 3.05) is 5.32 Å². The summed E-state index contributed by atoms with van der Waals surface area (Å²) < 4.78 is 5.72. The zero-order chi connectivity index (χ0) is 18.6. The molecule has 0 saturated carbocycles. The second-order valence-corrected chi connectivity index (χ2v) is 7.86. The highest BCUT2D eigenvalue weighted by atomic mass is 32.1. The van der Waals surface area contributed by atoms with Gasteiger partial charge in [-0.3, -0.25) is 9.78 Å². The minimum Gasteiger partial charge on any atom is -0.441 e. The van der Waals surface area contributed by atoms with Crippen LogP contribution in [0.4, 0.5) is 5.13 Å². The van der Waals surface area contributed by atoms with Gasteiger partial charge in [0.2, 0.25) is 11.8 Å². The van der Waals surface area contributed by atoms with Crippen LogP contribution in [0.3, 0.4) is 0 Å². The van der Waals surface area contributed by atoms with Crippen LogP contribution in [0.5, 0.6) is 0 Å². The average molecular weight is 368 g/mol. The number of nitrogens with one attached hydrogen (secondary N) is 1. The molecular formula is C19H20N4O2S. The number of pyridine rings is 1. The van der Waals surface area contributed by atoms with Gasteiger partial charge in [-0.25, -0.2) is 9.97 Å². The summed E-state index contributed by atoms with van der Waals surface area (Å²) in [4.78, 5) is 25.4. The third-order valence-corrected chi connectivity index (χ3v) is 4.39. The largest absolute Gasteiger partial charge is 0.441 e. The van der Waals surface area contributed by atoms with Crippen LogP contribution in [0.2, 0.25) is 0 Å². The molecule has 1 amide bonds. The second kappa shape index (κ2) is 7.61. The lowest BCUT2D eigenvalue weighted by Crippen LogP contribution is -2.14. The maximum absolute atomic E-state index is 12.1. The van der Waals surface area contributed by atoms with Crippen molar-refractivity contribution in [3.63, 3.8) is 0 Å². The van der Waals surface area contributed by atoms with Crippen molar-refractivity contribution in [1.29, 1.82) is 0 Å². The van der Waals surface area contributed by atoms with Crippen molar-refractivity contribution in [1.82, 2.24) is 15.0 Å². The molecule has 1 N–H and O–H groups in total. The Hall–Kier alpha value is -2.80. The first-order chi connectivity index (χ1) is 12.4. The van der Waals surface area contributed by atoms with Gasteiger partial charge >= 0.3 is 0 Å². The highest BCUT2D eigenvalue weighted by Gasteiger charge is 2.18. The number of aromatic nitrogens is 3. The molecule has 0 aliphatic rings. The normalized spacial score (nSPS) is 11.8. The fraction of sp³-hybridized carbons (Fsp3) is 0.263. The lowest BCUT2D eigenvalue weighted by atomic mass is 9.94. The van der Waals surface area contributed by atoms with Gasteiger partial charge in [-0.05, 0) is 17.7 Å². The molecule has 0 atom stereocenters. The first kappa shape index (κ1) is 18.0. The van der Waals surface area contributed by atoms with Gasteiger partial charge < -0.3 is 9.73 Å². The fourth-order valence-electron chi connectivity index (χ4n) is 2.14. The summed E-state index contributed by atoms with van der Waals surface area (Å²) in [7, 11) is 0. The topological polar surface area (TPSA) is 80.9 Å². The molecule has 3 heterocycles. The summed E-state index contributed by atoms with van der Waals surface area (Å²) in [5.74, 6) is 1.26. The molecule has 6 nitrogen and oxygen atoms in total. The van der Waals surface area contributed by atoms with Crippen LogP contribution in [0, 0.1) is 0 Å². The number of rotatable bonds is 5. The summed E-state index contributed by atoms with van der Waals surface area (Å²) in [6.45, 7) is 6.22. The van der Waals surface area contributed by atoms with Crippen molar-refractivity contribution in [2.45, 2.75) is 32.6 Å². The zero-order valence-electron chi connectivity index (χ0n) is 14.9. The SMILES string of the molecule is CC(C)(C)c1cnc(/C=C/c2cnc(NC(=O)Cc3cccnc3)s2)o1. The van der Waals surface area contributed by atoms with E-state index in [4.69, 9.17) is 4.42 Å². The Kier molecular flexibility index (Phi) is 5.27. The van der Waals surface area contributed by atoms with Gasteiger partial charge in [-0.1, -0.05) is 38.2 Å². The number of oxazole rings is 1. The van der Waals surface area contributed by atoms with Crippen LogP contribution in [-0.4, -0.2) is 20.9 Å². The molecule has 26 heavy (non-hydrogen) atoms. The monoisotopic (exact) mass is 368 g/mol. The first-order valence-electron chi connectivity index (χ1n) is 8.19. The van der Waals surface area contributed by atoms with Crippen molar-refractivity contribution in [3.05, 3.63) is 59.0 Å². The molecule has 3 rings (SSSR count). The molecule has 3 aromatic heterocycles. The molecular weight excluding hydrogens is 348 g/mol. The summed E-state index contributed by atoms with van der Waals surface area (Å²) >= 11 is 1.39. The van der Waals surface area contributed by atoms with E-state index in [-0.39, 0.29) is 17.7 Å². The Bertz CT molecular complexity index is 907.